The van der Waals surface area contributed by atoms with E-state index >= 15 is 0 Å². The Labute approximate surface area is 116 Å². The molecule has 0 saturated heterocycles. The average molecular weight is 262 g/mol. The van der Waals surface area contributed by atoms with Crippen molar-refractivity contribution in [1.82, 2.24) is 5.32 Å². The molecule has 0 aromatic heterocycles. The summed E-state index contributed by atoms with van der Waals surface area (Å²) in [4.78, 5) is 12.3. The minimum atomic E-state index is 0.00357. The van der Waals surface area contributed by atoms with Gasteiger partial charge in [-0.2, -0.15) is 0 Å². The van der Waals surface area contributed by atoms with E-state index in [1.807, 2.05) is 32.2 Å². The largest absolute Gasteiger partial charge is 0.387 e. The molecule has 2 unspecified atom stereocenters. The molecule has 0 aliphatic heterocycles. The van der Waals surface area contributed by atoms with Gasteiger partial charge in [0.05, 0.1) is 5.56 Å². The molecule has 19 heavy (non-hydrogen) atoms. The average Bonchev–Trinajstić information content (AvgIpc) is 2.38. The summed E-state index contributed by atoms with van der Waals surface area (Å²) in [7, 11) is 1.84. The van der Waals surface area contributed by atoms with Crippen LogP contribution < -0.4 is 10.6 Å². The van der Waals surface area contributed by atoms with Crippen molar-refractivity contribution in [2.24, 2.45) is 5.92 Å². The number of rotatable bonds is 6. The Balaban J connectivity index is 2.75. The molecule has 0 saturated carbocycles. The second-order valence-electron chi connectivity index (χ2n) is 5.42. The minimum absolute atomic E-state index is 0.00357. The molecule has 0 bridgehead atoms. The Hall–Kier alpha value is -1.51. The quantitative estimate of drug-likeness (QED) is 0.822. The van der Waals surface area contributed by atoms with Gasteiger partial charge in [0.25, 0.3) is 5.91 Å². The topological polar surface area (TPSA) is 41.1 Å². The molecule has 0 aliphatic carbocycles. The van der Waals surface area contributed by atoms with Crippen LogP contribution in [0.2, 0.25) is 0 Å². The zero-order valence-corrected chi connectivity index (χ0v) is 12.7. The first-order chi connectivity index (χ1) is 8.97. The van der Waals surface area contributed by atoms with Crippen molar-refractivity contribution >= 4 is 11.6 Å². The van der Waals surface area contributed by atoms with Gasteiger partial charge in [-0.15, -0.1) is 0 Å². The van der Waals surface area contributed by atoms with Crippen LogP contribution in [0.25, 0.3) is 0 Å². The summed E-state index contributed by atoms with van der Waals surface area (Å²) < 4.78 is 0. The second-order valence-corrected chi connectivity index (χ2v) is 5.42. The number of nitrogens with one attached hydrogen (secondary N) is 2. The summed E-state index contributed by atoms with van der Waals surface area (Å²) in [6, 6.07) is 6.08. The SMILES string of the molecule is CCC(C)CC(C)NC(=O)c1cc(C)ccc1NC. The van der Waals surface area contributed by atoms with Crippen LogP contribution in [-0.4, -0.2) is 19.0 Å². The van der Waals surface area contributed by atoms with Crippen LogP contribution in [0.3, 0.4) is 0 Å². The number of carbonyl (C=O) groups is 1. The van der Waals surface area contributed by atoms with E-state index in [0.717, 1.165) is 29.7 Å². The van der Waals surface area contributed by atoms with Gasteiger partial charge in [0, 0.05) is 18.8 Å². The van der Waals surface area contributed by atoms with Gasteiger partial charge in [0.1, 0.15) is 0 Å². The number of carbonyl (C=O) groups excluding carboxylic acids is 1. The van der Waals surface area contributed by atoms with Gasteiger partial charge >= 0.3 is 0 Å². The Kier molecular flexibility index (Phi) is 5.87. The van der Waals surface area contributed by atoms with Crippen molar-refractivity contribution in [2.75, 3.05) is 12.4 Å². The van der Waals surface area contributed by atoms with Crippen LogP contribution in [-0.2, 0) is 0 Å². The van der Waals surface area contributed by atoms with E-state index in [1.165, 1.54) is 0 Å². The monoisotopic (exact) mass is 262 g/mol. The van der Waals surface area contributed by atoms with Gasteiger partial charge in [-0.25, -0.2) is 0 Å². The number of hydrogen-bond donors (Lipinski definition) is 2. The third-order valence-electron chi connectivity index (χ3n) is 3.52. The Morgan fingerprint density at radius 1 is 1.32 bits per heavy atom. The standard InChI is InChI=1S/C16H26N2O/c1-6-11(2)9-13(4)18-16(19)14-10-12(3)7-8-15(14)17-5/h7-8,10-11,13,17H,6,9H2,1-5H3,(H,18,19). The molecule has 3 nitrogen and oxygen atoms in total. The smallest absolute Gasteiger partial charge is 0.253 e. The molecule has 0 fully saturated rings. The third kappa shape index (κ3) is 4.58. The maximum Gasteiger partial charge on any atom is 0.253 e. The zero-order chi connectivity index (χ0) is 14.4. The lowest BCUT2D eigenvalue weighted by atomic mass is 10.00. The molecule has 2 N–H and O–H groups in total. The summed E-state index contributed by atoms with van der Waals surface area (Å²) >= 11 is 0. The first-order valence-electron chi connectivity index (χ1n) is 7.07. The Morgan fingerprint density at radius 3 is 2.58 bits per heavy atom. The summed E-state index contributed by atoms with van der Waals surface area (Å²) in [6.45, 7) is 8.46. The van der Waals surface area contributed by atoms with Crippen molar-refractivity contribution in [3.05, 3.63) is 29.3 Å². The van der Waals surface area contributed by atoms with Gasteiger partial charge in [-0.05, 0) is 38.3 Å². The number of aryl methyl sites for hydroxylation is 1. The molecule has 0 radical (unpaired) electrons. The highest BCUT2D eigenvalue weighted by atomic mass is 16.1. The van der Waals surface area contributed by atoms with Crippen molar-refractivity contribution in [3.8, 4) is 0 Å². The fourth-order valence-electron chi connectivity index (χ4n) is 2.19. The summed E-state index contributed by atoms with van der Waals surface area (Å²) in [5, 5.41) is 6.15. The zero-order valence-electron chi connectivity index (χ0n) is 12.7. The van der Waals surface area contributed by atoms with Gasteiger partial charge in [-0.1, -0.05) is 31.9 Å². The van der Waals surface area contributed by atoms with E-state index in [2.05, 4.69) is 31.4 Å². The third-order valence-corrected chi connectivity index (χ3v) is 3.52. The number of hydrogen-bond acceptors (Lipinski definition) is 2. The highest BCUT2D eigenvalue weighted by Gasteiger charge is 2.15. The lowest BCUT2D eigenvalue weighted by Crippen LogP contribution is -2.34. The molecule has 106 valence electrons. The van der Waals surface area contributed by atoms with Crippen LogP contribution in [0.1, 0.15) is 49.5 Å². The minimum Gasteiger partial charge on any atom is -0.387 e. The molecule has 1 aromatic rings. The summed E-state index contributed by atoms with van der Waals surface area (Å²) in [5.41, 5.74) is 2.69. The van der Waals surface area contributed by atoms with Crippen LogP contribution in [0.5, 0.6) is 0 Å². The Morgan fingerprint density at radius 2 is 2.00 bits per heavy atom. The first kappa shape index (κ1) is 15.5. The predicted molar refractivity (Wildman–Crippen MR) is 81.7 cm³/mol. The molecule has 1 rings (SSSR count). The van der Waals surface area contributed by atoms with E-state index < -0.39 is 0 Å². The number of anilines is 1. The molecule has 0 spiro atoms. The van der Waals surface area contributed by atoms with Crippen LogP contribution in [0.4, 0.5) is 5.69 Å². The lowest BCUT2D eigenvalue weighted by Gasteiger charge is -2.18. The molecular weight excluding hydrogens is 236 g/mol. The van der Waals surface area contributed by atoms with E-state index in [1.54, 1.807) is 0 Å². The van der Waals surface area contributed by atoms with Gasteiger partial charge in [-0.3, -0.25) is 4.79 Å². The predicted octanol–water partition coefficient (Wildman–Crippen LogP) is 3.59. The fraction of sp³-hybridized carbons (Fsp3) is 0.562. The molecular formula is C16H26N2O. The van der Waals surface area contributed by atoms with E-state index in [0.29, 0.717) is 5.92 Å². The van der Waals surface area contributed by atoms with Crippen molar-refractivity contribution in [1.29, 1.82) is 0 Å². The van der Waals surface area contributed by atoms with E-state index in [4.69, 9.17) is 0 Å². The normalized spacial score (nSPS) is 13.7. The molecule has 2 atom stereocenters. The van der Waals surface area contributed by atoms with Crippen molar-refractivity contribution in [3.63, 3.8) is 0 Å². The second kappa shape index (κ2) is 7.17. The lowest BCUT2D eigenvalue weighted by molar-refractivity contribution is 0.0936. The van der Waals surface area contributed by atoms with E-state index in [-0.39, 0.29) is 11.9 Å². The highest BCUT2D eigenvalue weighted by molar-refractivity contribution is 5.99. The first-order valence-corrected chi connectivity index (χ1v) is 7.07. The fourth-order valence-corrected chi connectivity index (χ4v) is 2.19. The number of amides is 1. The van der Waals surface area contributed by atoms with E-state index in [9.17, 15) is 4.79 Å². The van der Waals surface area contributed by atoms with Gasteiger partial charge in [0.2, 0.25) is 0 Å². The van der Waals surface area contributed by atoms with Gasteiger partial charge in [0.15, 0.2) is 0 Å². The van der Waals surface area contributed by atoms with Crippen molar-refractivity contribution in [2.45, 2.75) is 46.6 Å². The molecule has 3 heteroatoms. The molecule has 1 aromatic carbocycles. The molecule has 0 heterocycles. The molecule has 0 aliphatic rings. The molecule has 1 amide bonds. The van der Waals surface area contributed by atoms with Gasteiger partial charge < -0.3 is 10.6 Å². The maximum atomic E-state index is 12.3. The van der Waals surface area contributed by atoms with Crippen LogP contribution >= 0.6 is 0 Å². The summed E-state index contributed by atoms with van der Waals surface area (Å²) in [5.74, 6) is 0.639. The Bertz CT molecular complexity index is 429. The van der Waals surface area contributed by atoms with Crippen molar-refractivity contribution < 1.29 is 4.79 Å². The summed E-state index contributed by atoms with van der Waals surface area (Å²) in [6.07, 6.45) is 2.16. The van der Waals surface area contributed by atoms with Crippen LogP contribution in [0, 0.1) is 12.8 Å². The maximum absolute atomic E-state index is 12.3. The number of benzene rings is 1. The highest BCUT2D eigenvalue weighted by Crippen LogP contribution is 2.17. The van der Waals surface area contributed by atoms with Crippen LogP contribution in [0.15, 0.2) is 18.2 Å².